The van der Waals surface area contributed by atoms with Crippen LogP contribution in [0.1, 0.15) is 12.5 Å². The topological polar surface area (TPSA) is 65.9 Å². The summed E-state index contributed by atoms with van der Waals surface area (Å²) in [7, 11) is 0. The van der Waals surface area contributed by atoms with Gasteiger partial charge in [0.2, 0.25) is 0 Å². The van der Waals surface area contributed by atoms with Crippen molar-refractivity contribution in [1.82, 2.24) is 10.6 Å². The van der Waals surface area contributed by atoms with Crippen molar-refractivity contribution in [3.8, 4) is 5.75 Å². The molecule has 1 aromatic carbocycles. The Hall–Kier alpha value is -1.60. The van der Waals surface area contributed by atoms with Gasteiger partial charge in [-0.15, -0.1) is 0 Å². The third kappa shape index (κ3) is 6.59. The van der Waals surface area contributed by atoms with Crippen molar-refractivity contribution in [3.05, 3.63) is 28.8 Å². The van der Waals surface area contributed by atoms with Crippen molar-refractivity contribution in [2.75, 3.05) is 19.7 Å². The minimum Gasteiger partial charge on any atom is -0.434 e. The zero-order valence-electron chi connectivity index (χ0n) is 11.6. The molecule has 0 unspecified atom stereocenters. The summed E-state index contributed by atoms with van der Waals surface area (Å²) in [6, 6.07) is 4.38. The molecule has 0 aliphatic heterocycles. The molecule has 0 aromatic heterocycles. The van der Waals surface area contributed by atoms with E-state index in [0.717, 1.165) is 0 Å². The lowest BCUT2D eigenvalue weighted by Crippen LogP contribution is -2.38. The summed E-state index contributed by atoms with van der Waals surface area (Å²) in [6.07, 6.45) is 0. The molecule has 21 heavy (non-hydrogen) atoms. The van der Waals surface area contributed by atoms with Gasteiger partial charge in [0.25, 0.3) is 0 Å². The average molecular weight is 322 g/mol. The summed E-state index contributed by atoms with van der Waals surface area (Å²) in [4.78, 5) is 4.23. The number of rotatable bonds is 7. The third-order valence-corrected chi connectivity index (χ3v) is 2.63. The van der Waals surface area contributed by atoms with Crippen molar-refractivity contribution in [2.45, 2.75) is 20.1 Å². The molecular weight excluding hydrogens is 304 g/mol. The molecule has 0 aliphatic carbocycles. The van der Waals surface area contributed by atoms with Gasteiger partial charge in [0, 0.05) is 23.7 Å². The molecule has 5 nitrogen and oxygen atoms in total. The number of ether oxygens (including phenoxy) is 1. The van der Waals surface area contributed by atoms with E-state index in [4.69, 9.17) is 16.7 Å². The maximum absolute atomic E-state index is 12.3. The van der Waals surface area contributed by atoms with E-state index in [1.54, 1.807) is 0 Å². The number of alkyl halides is 2. The molecule has 0 fully saturated rings. The van der Waals surface area contributed by atoms with Crippen molar-refractivity contribution in [2.24, 2.45) is 4.99 Å². The van der Waals surface area contributed by atoms with Crippen molar-refractivity contribution >= 4 is 17.6 Å². The van der Waals surface area contributed by atoms with Crippen LogP contribution in [0.2, 0.25) is 5.02 Å². The second-order valence-electron chi connectivity index (χ2n) is 3.98. The minimum absolute atomic E-state index is 0.0381. The van der Waals surface area contributed by atoms with E-state index in [0.29, 0.717) is 29.6 Å². The summed E-state index contributed by atoms with van der Waals surface area (Å²) in [5, 5.41) is 15.0. The number of halogens is 3. The molecule has 0 atom stereocenters. The second kappa shape index (κ2) is 9.36. The number of aliphatic hydroxyl groups excluding tert-OH is 1. The van der Waals surface area contributed by atoms with E-state index in [2.05, 4.69) is 20.4 Å². The van der Waals surface area contributed by atoms with Crippen LogP contribution in [0, 0.1) is 0 Å². The van der Waals surface area contributed by atoms with Crippen LogP contribution in [-0.4, -0.2) is 37.4 Å². The Bertz CT molecular complexity index is 473. The Balaban J connectivity index is 2.85. The summed E-state index contributed by atoms with van der Waals surface area (Å²) in [6.45, 7) is 0.0234. The van der Waals surface area contributed by atoms with E-state index < -0.39 is 6.61 Å². The van der Waals surface area contributed by atoms with Crippen LogP contribution < -0.4 is 15.4 Å². The van der Waals surface area contributed by atoms with E-state index in [-0.39, 0.29) is 18.9 Å². The Morgan fingerprint density at radius 2 is 2.19 bits per heavy atom. The standard InChI is InChI=1S/C13H18ClF2N3O2/c1-2-17-13(18-5-6-20)19-8-9-7-10(14)3-4-11(9)21-12(15)16/h3-4,7,12,20H,2,5-6,8H2,1H3,(H2,17,18,19). The van der Waals surface area contributed by atoms with Crippen LogP contribution >= 0.6 is 11.6 Å². The fourth-order valence-corrected chi connectivity index (χ4v) is 1.76. The van der Waals surface area contributed by atoms with Crippen LogP contribution in [-0.2, 0) is 6.54 Å². The van der Waals surface area contributed by atoms with Crippen LogP contribution in [0.15, 0.2) is 23.2 Å². The first-order valence-electron chi connectivity index (χ1n) is 6.43. The van der Waals surface area contributed by atoms with Gasteiger partial charge in [-0.2, -0.15) is 8.78 Å². The number of hydrogen-bond donors (Lipinski definition) is 3. The van der Waals surface area contributed by atoms with Gasteiger partial charge >= 0.3 is 6.61 Å². The van der Waals surface area contributed by atoms with Crippen LogP contribution in [0.25, 0.3) is 0 Å². The minimum atomic E-state index is -2.91. The zero-order chi connectivity index (χ0) is 15.7. The molecule has 1 rings (SSSR count). The van der Waals surface area contributed by atoms with E-state index in [1.165, 1.54) is 18.2 Å². The first kappa shape index (κ1) is 17.5. The number of nitrogens with zero attached hydrogens (tertiary/aromatic N) is 1. The number of hydrogen-bond acceptors (Lipinski definition) is 3. The van der Waals surface area contributed by atoms with Gasteiger partial charge in [0.1, 0.15) is 5.75 Å². The predicted octanol–water partition coefficient (Wildman–Crippen LogP) is 1.99. The Morgan fingerprint density at radius 3 is 2.81 bits per heavy atom. The molecule has 3 N–H and O–H groups in total. The fraction of sp³-hybridized carbons (Fsp3) is 0.462. The Labute approximate surface area is 127 Å². The summed E-state index contributed by atoms with van der Waals surface area (Å²) in [5.74, 6) is 0.505. The molecule has 8 heteroatoms. The van der Waals surface area contributed by atoms with Gasteiger partial charge in [-0.1, -0.05) is 11.6 Å². The van der Waals surface area contributed by atoms with Gasteiger partial charge in [-0.3, -0.25) is 0 Å². The fourth-order valence-electron chi connectivity index (χ4n) is 1.56. The van der Waals surface area contributed by atoms with Crippen molar-refractivity contribution < 1.29 is 18.6 Å². The first-order chi connectivity index (χ1) is 10.1. The number of benzene rings is 1. The first-order valence-corrected chi connectivity index (χ1v) is 6.81. The average Bonchev–Trinajstić information content (AvgIpc) is 2.44. The van der Waals surface area contributed by atoms with Gasteiger partial charge in [-0.25, -0.2) is 4.99 Å². The SMILES string of the molecule is CCNC(=NCc1cc(Cl)ccc1OC(F)F)NCCO. The summed E-state index contributed by atoms with van der Waals surface area (Å²) in [5.41, 5.74) is 0.448. The molecule has 0 heterocycles. The normalized spacial score (nSPS) is 11.6. The van der Waals surface area contributed by atoms with E-state index in [9.17, 15) is 8.78 Å². The molecule has 0 saturated heterocycles. The zero-order valence-corrected chi connectivity index (χ0v) is 12.3. The van der Waals surface area contributed by atoms with E-state index >= 15 is 0 Å². The number of aliphatic hydroxyl groups is 1. The summed E-state index contributed by atoms with van der Waals surface area (Å²) >= 11 is 5.86. The highest BCUT2D eigenvalue weighted by molar-refractivity contribution is 6.30. The second-order valence-corrected chi connectivity index (χ2v) is 4.41. The quantitative estimate of drug-likeness (QED) is 0.531. The molecule has 0 radical (unpaired) electrons. The number of aliphatic imine (C=N–C) groups is 1. The van der Waals surface area contributed by atoms with Crippen molar-refractivity contribution in [1.29, 1.82) is 0 Å². The molecule has 0 aliphatic rings. The molecule has 0 spiro atoms. The predicted molar refractivity (Wildman–Crippen MR) is 78.0 cm³/mol. The molecule has 0 saturated carbocycles. The summed E-state index contributed by atoms with van der Waals surface area (Å²) < 4.78 is 29.1. The maximum Gasteiger partial charge on any atom is 0.387 e. The largest absolute Gasteiger partial charge is 0.434 e. The Kier molecular flexibility index (Phi) is 7.78. The van der Waals surface area contributed by atoms with E-state index in [1.807, 2.05) is 6.92 Å². The Morgan fingerprint density at radius 1 is 1.43 bits per heavy atom. The molecule has 0 bridgehead atoms. The highest BCUT2D eigenvalue weighted by Crippen LogP contribution is 2.25. The van der Waals surface area contributed by atoms with Gasteiger partial charge in [0.05, 0.1) is 13.2 Å². The smallest absolute Gasteiger partial charge is 0.387 e. The molecular formula is C13H18ClF2N3O2. The highest BCUT2D eigenvalue weighted by Gasteiger charge is 2.10. The molecule has 1 aromatic rings. The lowest BCUT2D eigenvalue weighted by Gasteiger charge is -2.12. The lowest BCUT2D eigenvalue weighted by molar-refractivity contribution is -0.0504. The third-order valence-electron chi connectivity index (χ3n) is 2.39. The maximum atomic E-state index is 12.3. The molecule has 118 valence electrons. The lowest BCUT2D eigenvalue weighted by atomic mass is 10.2. The van der Waals surface area contributed by atoms with Crippen LogP contribution in [0.3, 0.4) is 0 Å². The van der Waals surface area contributed by atoms with Gasteiger partial charge in [0.15, 0.2) is 5.96 Å². The number of nitrogens with one attached hydrogen (secondary N) is 2. The van der Waals surface area contributed by atoms with Crippen LogP contribution in [0.5, 0.6) is 5.75 Å². The highest BCUT2D eigenvalue weighted by atomic mass is 35.5. The number of guanidine groups is 1. The monoisotopic (exact) mass is 321 g/mol. The van der Waals surface area contributed by atoms with Crippen molar-refractivity contribution in [3.63, 3.8) is 0 Å². The molecule has 0 amide bonds. The van der Waals surface area contributed by atoms with Crippen LogP contribution in [0.4, 0.5) is 8.78 Å². The van der Waals surface area contributed by atoms with Gasteiger partial charge in [-0.05, 0) is 25.1 Å². The van der Waals surface area contributed by atoms with Gasteiger partial charge < -0.3 is 20.5 Å².